The molecular formula is C31H38N8O4S. The van der Waals surface area contributed by atoms with E-state index < -0.39 is 15.1 Å². The highest BCUT2D eigenvalue weighted by molar-refractivity contribution is 7.92. The molecule has 1 fully saturated rings. The number of pyridine rings is 1. The number of rotatable bonds is 9. The van der Waals surface area contributed by atoms with Crippen LogP contribution in [0.2, 0.25) is 0 Å². The van der Waals surface area contributed by atoms with E-state index in [1.807, 2.05) is 19.9 Å². The molecule has 0 radical (unpaired) electrons. The van der Waals surface area contributed by atoms with Gasteiger partial charge in [-0.3, -0.25) is 9.69 Å². The van der Waals surface area contributed by atoms with Gasteiger partial charge in [0.2, 0.25) is 11.9 Å². The lowest BCUT2D eigenvalue weighted by Gasteiger charge is -2.32. The van der Waals surface area contributed by atoms with Crippen LogP contribution in [0, 0.1) is 6.92 Å². The van der Waals surface area contributed by atoms with Gasteiger partial charge in [-0.2, -0.15) is 4.98 Å². The van der Waals surface area contributed by atoms with Crippen LogP contribution in [0.25, 0.3) is 33.1 Å². The smallest absolute Gasteiger partial charge is 0.231 e. The van der Waals surface area contributed by atoms with Crippen LogP contribution in [0.3, 0.4) is 0 Å². The van der Waals surface area contributed by atoms with Gasteiger partial charge in [0.1, 0.15) is 16.9 Å². The summed E-state index contributed by atoms with van der Waals surface area (Å²) in [5.41, 5.74) is 10.5. The second kappa shape index (κ2) is 11.4. The first-order chi connectivity index (χ1) is 20.9. The molecule has 2 aromatic carbocycles. The third kappa shape index (κ3) is 5.45. The Morgan fingerprint density at radius 3 is 2.55 bits per heavy atom. The van der Waals surface area contributed by atoms with E-state index in [4.69, 9.17) is 15.5 Å². The average molecular weight is 619 g/mol. The first-order valence-corrected chi connectivity index (χ1v) is 16.5. The molecule has 3 aromatic heterocycles. The molecule has 12 nitrogen and oxygen atoms in total. The number of aromatic nitrogens is 5. The number of nitrogens with two attached hydrogens (primary N) is 1. The summed E-state index contributed by atoms with van der Waals surface area (Å²) in [6.45, 7) is 11.3. The van der Waals surface area contributed by atoms with Crippen molar-refractivity contribution in [3.63, 3.8) is 0 Å². The molecule has 44 heavy (non-hydrogen) atoms. The standard InChI is InChI=1S/C31H38N8O4S/c1-16(2)43-23-14-21(19-9-11-39(12-10-19)15-25(32)40)18(5)13-22(23)33-31-35-29-26-28(37-38-30(26)36-31)20-7-6-8-24(27(20)34-29)44(41,42)17(3)4/h6-8,13-14,16-17,19H,9-12,15H2,1-5H3,(H2,32,40)(H3,33,34,35,36,37,38). The molecule has 5 N–H and O–H groups in total. The van der Waals surface area contributed by atoms with Gasteiger partial charge in [-0.15, -0.1) is 10.2 Å². The number of ether oxygens (including phenoxy) is 1. The van der Waals surface area contributed by atoms with E-state index >= 15 is 0 Å². The Labute approximate surface area is 255 Å². The number of likely N-dealkylation sites (tertiary alicyclic amines) is 1. The first kappa shape index (κ1) is 29.8. The number of hydrogen-bond donors (Lipinski definition) is 4. The number of anilines is 2. The van der Waals surface area contributed by atoms with E-state index in [1.165, 1.54) is 5.56 Å². The zero-order valence-electron chi connectivity index (χ0n) is 25.6. The molecule has 0 aliphatic carbocycles. The minimum atomic E-state index is -3.58. The number of primary amides is 1. The number of piperidine rings is 1. The highest BCUT2D eigenvalue weighted by Gasteiger charge is 2.26. The number of sulfone groups is 1. The fourth-order valence-electron chi connectivity index (χ4n) is 6.08. The second-order valence-corrected chi connectivity index (χ2v) is 14.6. The molecule has 0 atom stereocenters. The molecule has 4 heterocycles. The predicted octanol–water partition coefficient (Wildman–Crippen LogP) is 4.67. The largest absolute Gasteiger partial charge is 0.489 e. The number of aryl methyl sites for hydroxylation is 1. The fraction of sp³-hybridized carbons (Fsp3) is 0.419. The Morgan fingerprint density at radius 2 is 1.86 bits per heavy atom. The lowest BCUT2D eigenvalue weighted by Crippen LogP contribution is -2.39. The number of carbonyl (C=O) groups excluding carboxylic acids is 1. The molecule has 5 aromatic rings. The van der Waals surface area contributed by atoms with Crippen LogP contribution in [-0.4, -0.2) is 75.4 Å². The van der Waals surface area contributed by atoms with Gasteiger partial charge < -0.3 is 25.8 Å². The zero-order chi connectivity index (χ0) is 31.3. The average Bonchev–Trinajstić information content (AvgIpc) is 3.39. The van der Waals surface area contributed by atoms with Crippen LogP contribution >= 0.6 is 0 Å². The number of nitrogens with zero attached hydrogens (tertiary/aromatic N) is 4. The van der Waals surface area contributed by atoms with E-state index in [9.17, 15) is 13.2 Å². The number of amides is 1. The molecule has 13 heteroatoms. The minimum absolute atomic E-state index is 0.0629. The summed E-state index contributed by atoms with van der Waals surface area (Å²) < 4.78 is 32.7. The monoisotopic (exact) mass is 618 g/mol. The third-order valence-corrected chi connectivity index (χ3v) is 10.5. The van der Waals surface area contributed by atoms with Gasteiger partial charge in [0.15, 0.2) is 15.5 Å². The van der Waals surface area contributed by atoms with Crippen molar-refractivity contribution in [1.29, 1.82) is 0 Å². The van der Waals surface area contributed by atoms with Gasteiger partial charge in [-0.05, 0) is 95.8 Å². The minimum Gasteiger partial charge on any atom is -0.489 e. The maximum Gasteiger partial charge on any atom is 0.231 e. The van der Waals surface area contributed by atoms with Crippen LogP contribution in [0.15, 0.2) is 35.2 Å². The molecule has 232 valence electrons. The van der Waals surface area contributed by atoms with E-state index in [-0.39, 0.29) is 23.5 Å². The predicted molar refractivity (Wildman–Crippen MR) is 171 cm³/mol. The molecule has 6 rings (SSSR count). The summed E-state index contributed by atoms with van der Waals surface area (Å²) in [7, 11) is -3.58. The summed E-state index contributed by atoms with van der Waals surface area (Å²) in [6.07, 6.45) is 1.79. The van der Waals surface area contributed by atoms with E-state index in [0.29, 0.717) is 50.7 Å². The highest BCUT2D eigenvalue weighted by atomic mass is 32.2. The molecular weight excluding hydrogens is 580 g/mol. The van der Waals surface area contributed by atoms with E-state index in [2.05, 4.69) is 49.4 Å². The van der Waals surface area contributed by atoms with Crippen LogP contribution < -0.4 is 15.8 Å². The molecule has 0 spiro atoms. The number of H-pyrrole nitrogens is 2. The van der Waals surface area contributed by atoms with Gasteiger partial charge >= 0.3 is 0 Å². The van der Waals surface area contributed by atoms with Crippen molar-refractivity contribution >= 4 is 60.5 Å². The van der Waals surface area contributed by atoms with Gasteiger partial charge in [-0.1, -0.05) is 12.1 Å². The van der Waals surface area contributed by atoms with Crippen molar-refractivity contribution in [2.75, 3.05) is 25.0 Å². The molecule has 1 amide bonds. The van der Waals surface area contributed by atoms with Crippen molar-refractivity contribution in [3.8, 4) is 5.75 Å². The number of aromatic amines is 2. The molecule has 1 saturated heterocycles. The Morgan fingerprint density at radius 1 is 1.11 bits per heavy atom. The third-order valence-electron chi connectivity index (χ3n) is 8.26. The maximum absolute atomic E-state index is 13.2. The van der Waals surface area contributed by atoms with Gasteiger partial charge in [0.25, 0.3) is 0 Å². The number of benzene rings is 2. The number of fused-ring (bicyclic) bond motifs is 2. The summed E-state index contributed by atoms with van der Waals surface area (Å²) in [5, 5.41) is 12.9. The summed E-state index contributed by atoms with van der Waals surface area (Å²) in [5.74, 6) is 1.14. The maximum atomic E-state index is 13.2. The molecule has 0 bridgehead atoms. The number of hydrogen-bond acceptors (Lipinski definition) is 9. The lowest BCUT2D eigenvalue weighted by molar-refractivity contribution is -0.119. The first-order valence-electron chi connectivity index (χ1n) is 14.9. The van der Waals surface area contributed by atoms with Crippen molar-refractivity contribution in [3.05, 3.63) is 41.5 Å². The SMILES string of the molecule is Cc1cc(Nc2nc3[nH]c4c(S(=O)(=O)C(C)C)cccc4c4nnc([nH]2)c34)c(OC(C)C)cc1C1CCN(CC(N)=O)CC1. The Hall–Kier alpha value is -4.23. The molecule has 1 aliphatic heterocycles. The van der Waals surface area contributed by atoms with Crippen molar-refractivity contribution < 1.29 is 17.9 Å². The Kier molecular flexibility index (Phi) is 7.70. The van der Waals surface area contributed by atoms with Crippen molar-refractivity contribution in [2.24, 2.45) is 5.73 Å². The number of carbonyl (C=O) groups is 1. The van der Waals surface area contributed by atoms with Gasteiger partial charge in [0, 0.05) is 5.39 Å². The van der Waals surface area contributed by atoms with Gasteiger partial charge in [-0.25, -0.2) is 8.42 Å². The van der Waals surface area contributed by atoms with Crippen LogP contribution in [0.5, 0.6) is 5.75 Å². The summed E-state index contributed by atoms with van der Waals surface area (Å²) in [4.78, 5) is 25.0. The quantitative estimate of drug-likeness (QED) is 0.171. The normalized spacial score (nSPS) is 15.2. The Balaban J connectivity index is 1.39. The van der Waals surface area contributed by atoms with Crippen molar-refractivity contribution in [1.82, 2.24) is 30.0 Å². The highest BCUT2D eigenvalue weighted by Crippen LogP contribution is 2.39. The van der Waals surface area contributed by atoms with Gasteiger partial charge in [0.05, 0.1) is 39.4 Å². The molecule has 1 aliphatic rings. The lowest BCUT2D eigenvalue weighted by atomic mass is 9.86. The fourth-order valence-corrected chi connectivity index (χ4v) is 7.30. The van der Waals surface area contributed by atoms with Crippen LogP contribution in [0.4, 0.5) is 11.6 Å². The molecule has 0 unspecified atom stereocenters. The topological polar surface area (TPSA) is 172 Å². The van der Waals surface area contributed by atoms with E-state index in [1.54, 1.807) is 26.0 Å². The van der Waals surface area contributed by atoms with E-state index in [0.717, 1.165) is 37.2 Å². The second-order valence-electron chi connectivity index (χ2n) is 12.1. The van der Waals surface area contributed by atoms with Crippen LogP contribution in [0.1, 0.15) is 57.6 Å². The zero-order valence-corrected chi connectivity index (χ0v) is 26.4. The van der Waals surface area contributed by atoms with Crippen LogP contribution in [-0.2, 0) is 14.6 Å². The summed E-state index contributed by atoms with van der Waals surface area (Å²) in [6, 6.07) is 9.33. The summed E-state index contributed by atoms with van der Waals surface area (Å²) >= 11 is 0. The number of para-hydroxylation sites is 1. The Bertz CT molecular complexity index is 1990. The molecule has 0 saturated carbocycles. The van der Waals surface area contributed by atoms with Crippen molar-refractivity contribution in [2.45, 2.75) is 69.6 Å². The number of nitrogens with one attached hydrogen (secondary N) is 3.